The van der Waals surface area contributed by atoms with E-state index in [4.69, 9.17) is 23.7 Å². The van der Waals surface area contributed by atoms with Crippen molar-refractivity contribution >= 4 is 0 Å². The van der Waals surface area contributed by atoms with Gasteiger partial charge >= 0.3 is 0 Å². The van der Waals surface area contributed by atoms with Gasteiger partial charge in [0, 0.05) is 0 Å². The molecule has 6 heteroatoms. The molecule has 190 valence electrons. The minimum Gasteiger partial charge on any atom is -0.375 e. The highest BCUT2D eigenvalue weighted by Gasteiger charge is 2.48. The summed E-state index contributed by atoms with van der Waals surface area (Å²) in [6.45, 7) is 5.30. The molecule has 1 aliphatic heterocycles. The van der Waals surface area contributed by atoms with E-state index in [1.54, 1.807) is 6.08 Å². The number of ether oxygens (including phenoxy) is 5. The van der Waals surface area contributed by atoms with Crippen molar-refractivity contribution in [2.45, 2.75) is 50.5 Å². The zero-order chi connectivity index (χ0) is 25.0. The molecule has 36 heavy (non-hydrogen) atoms. The van der Waals surface area contributed by atoms with Gasteiger partial charge in [-0.2, -0.15) is 0 Å². The quantitative estimate of drug-likeness (QED) is 0.278. The molecule has 3 aromatic carbocycles. The fraction of sp³-hybridized carbons (Fsp3) is 0.333. The Morgan fingerprint density at radius 3 is 1.58 bits per heavy atom. The highest BCUT2D eigenvalue weighted by Crippen LogP contribution is 2.30. The Balaban J connectivity index is 1.56. The lowest BCUT2D eigenvalue weighted by Crippen LogP contribution is -2.61. The zero-order valence-corrected chi connectivity index (χ0v) is 20.4. The van der Waals surface area contributed by atoms with E-state index < -0.39 is 30.7 Å². The Morgan fingerprint density at radius 2 is 1.11 bits per heavy atom. The summed E-state index contributed by atoms with van der Waals surface area (Å²) in [5.41, 5.74) is 3.03. The lowest BCUT2D eigenvalue weighted by atomic mass is 9.98. The van der Waals surface area contributed by atoms with Crippen LogP contribution in [0.25, 0.3) is 0 Å². The number of hydrogen-bond acceptors (Lipinski definition) is 6. The van der Waals surface area contributed by atoms with Crippen LogP contribution in [-0.4, -0.2) is 49.0 Å². The van der Waals surface area contributed by atoms with E-state index in [-0.39, 0.29) is 6.61 Å². The largest absolute Gasteiger partial charge is 0.375 e. The standard InChI is InChI=1S/C30H34O6/c1-2-18-32-22-26-27(33-19-23-12-6-3-7-13-23)28(34-20-24-14-8-4-9-15-24)29(30(31)36-26)35-21-25-16-10-5-11-17-25/h2-17,26-31H,1,18-22H2/t26-,27-,28+,29-,30-/m1/s1. The Kier molecular flexibility index (Phi) is 10.2. The van der Waals surface area contributed by atoms with Crippen LogP contribution < -0.4 is 0 Å². The summed E-state index contributed by atoms with van der Waals surface area (Å²) in [4.78, 5) is 0. The van der Waals surface area contributed by atoms with Gasteiger partial charge in [0.05, 0.1) is 33.0 Å². The van der Waals surface area contributed by atoms with Crippen molar-refractivity contribution in [2.75, 3.05) is 13.2 Å². The normalized spacial score (nSPS) is 23.9. The smallest absolute Gasteiger partial charge is 0.184 e. The fourth-order valence-corrected chi connectivity index (χ4v) is 4.17. The van der Waals surface area contributed by atoms with Gasteiger partial charge in [0.15, 0.2) is 6.29 Å². The minimum absolute atomic E-state index is 0.221. The summed E-state index contributed by atoms with van der Waals surface area (Å²) in [6.07, 6.45) is -1.98. The van der Waals surface area contributed by atoms with Gasteiger partial charge in [0.25, 0.3) is 0 Å². The SMILES string of the molecule is C=CCOC[C@H]1O[C@@H](O)[C@H](OCc2ccccc2)[C@@H](OCc2ccccc2)[C@@H]1OCc1ccccc1. The van der Waals surface area contributed by atoms with Crippen molar-refractivity contribution in [1.82, 2.24) is 0 Å². The van der Waals surface area contributed by atoms with E-state index in [1.807, 2.05) is 91.0 Å². The van der Waals surface area contributed by atoms with E-state index in [0.29, 0.717) is 26.4 Å². The molecule has 0 radical (unpaired) electrons. The van der Waals surface area contributed by atoms with Crippen molar-refractivity contribution in [2.24, 2.45) is 0 Å². The van der Waals surface area contributed by atoms with Crippen molar-refractivity contribution in [1.29, 1.82) is 0 Å². The third kappa shape index (κ3) is 7.58. The molecule has 1 aliphatic rings. The molecule has 1 fully saturated rings. The third-order valence-corrected chi connectivity index (χ3v) is 5.98. The lowest BCUT2D eigenvalue weighted by molar-refractivity contribution is -0.316. The molecule has 0 bridgehead atoms. The molecule has 0 spiro atoms. The maximum Gasteiger partial charge on any atom is 0.184 e. The molecule has 6 nitrogen and oxygen atoms in total. The van der Waals surface area contributed by atoms with E-state index in [0.717, 1.165) is 16.7 Å². The van der Waals surface area contributed by atoms with Crippen LogP contribution in [0.15, 0.2) is 104 Å². The van der Waals surface area contributed by atoms with Crippen LogP contribution in [0.1, 0.15) is 16.7 Å². The molecule has 0 saturated carbocycles. The molecular weight excluding hydrogens is 456 g/mol. The van der Waals surface area contributed by atoms with Crippen molar-refractivity contribution < 1.29 is 28.8 Å². The van der Waals surface area contributed by atoms with Crippen molar-refractivity contribution in [3.63, 3.8) is 0 Å². The first kappa shape index (κ1) is 26.2. The monoisotopic (exact) mass is 490 g/mol. The van der Waals surface area contributed by atoms with E-state index >= 15 is 0 Å². The van der Waals surface area contributed by atoms with Gasteiger partial charge in [-0.3, -0.25) is 0 Å². The summed E-state index contributed by atoms with van der Waals surface area (Å²) in [6, 6.07) is 29.6. The highest BCUT2D eigenvalue weighted by molar-refractivity contribution is 5.15. The predicted molar refractivity (Wildman–Crippen MR) is 137 cm³/mol. The molecule has 1 N–H and O–H groups in total. The summed E-state index contributed by atoms with van der Waals surface area (Å²) in [5.74, 6) is 0. The Morgan fingerprint density at radius 1 is 0.667 bits per heavy atom. The van der Waals surface area contributed by atoms with Crippen LogP contribution in [-0.2, 0) is 43.5 Å². The second-order valence-electron chi connectivity index (χ2n) is 8.67. The van der Waals surface area contributed by atoms with Crippen LogP contribution in [0, 0.1) is 0 Å². The van der Waals surface area contributed by atoms with E-state index in [9.17, 15) is 5.11 Å². The predicted octanol–water partition coefficient (Wildman–Crippen LogP) is 4.66. The first-order valence-corrected chi connectivity index (χ1v) is 12.2. The Bertz CT molecular complexity index is 1010. The molecule has 0 aromatic heterocycles. The molecule has 1 saturated heterocycles. The topological polar surface area (TPSA) is 66.4 Å². The average Bonchev–Trinajstić information content (AvgIpc) is 2.92. The zero-order valence-electron chi connectivity index (χ0n) is 20.4. The first-order chi connectivity index (χ1) is 17.7. The van der Waals surface area contributed by atoms with E-state index in [1.165, 1.54) is 0 Å². The van der Waals surface area contributed by atoms with Crippen LogP contribution in [0.5, 0.6) is 0 Å². The molecule has 0 unspecified atom stereocenters. The van der Waals surface area contributed by atoms with Gasteiger partial charge in [-0.25, -0.2) is 0 Å². The summed E-state index contributed by atoms with van der Waals surface area (Å²) in [7, 11) is 0. The number of aliphatic hydroxyl groups is 1. The fourth-order valence-electron chi connectivity index (χ4n) is 4.17. The minimum atomic E-state index is -1.21. The maximum absolute atomic E-state index is 11.0. The number of benzene rings is 3. The molecule has 3 aromatic rings. The van der Waals surface area contributed by atoms with Crippen LogP contribution >= 0.6 is 0 Å². The average molecular weight is 491 g/mol. The van der Waals surface area contributed by atoms with E-state index in [2.05, 4.69) is 6.58 Å². The molecule has 1 heterocycles. The second-order valence-corrected chi connectivity index (χ2v) is 8.67. The number of hydrogen-bond donors (Lipinski definition) is 1. The molecule has 0 aliphatic carbocycles. The molecule has 0 amide bonds. The molecule has 5 atom stereocenters. The first-order valence-electron chi connectivity index (χ1n) is 12.2. The lowest BCUT2D eigenvalue weighted by Gasteiger charge is -2.44. The van der Waals surface area contributed by atoms with Crippen LogP contribution in [0.4, 0.5) is 0 Å². The number of aliphatic hydroxyl groups excluding tert-OH is 1. The summed E-state index contributed by atoms with van der Waals surface area (Å²) >= 11 is 0. The maximum atomic E-state index is 11.0. The highest BCUT2D eigenvalue weighted by atomic mass is 16.7. The van der Waals surface area contributed by atoms with Crippen LogP contribution in [0.2, 0.25) is 0 Å². The Hall–Kier alpha value is -2.84. The van der Waals surface area contributed by atoms with Gasteiger partial charge in [0.1, 0.15) is 24.4 Å². The third-order valence-electron chi connectivity index (χ3n) is 5.98. The van der Waals surface area contributed by atoms with Gasteiger partial charge in [-0.1, -0.05) is 97.1 Å². The van der Waals surface area contributed by atoms with Gasteiger partial charge in [0.2, 0.25) is 0 Å². The molecular formula is C30H34O6. The second kappa shape index (κ2) is 14.0. The van der Waals surface area contributed by atoms with Crippen molar-refractivity contribution in [3.8, 4) is 0 Å². The summed E-state index contributed by atoms with van der Waals surface area (Å²) in [5, 5.41) is 11.0. The van der Waals surface area contributed by atoms with Gasteiger partial charge in [-0.15, -0.1) is 6.58 Å². The van der Waals surface area contributed by atoms with Gasteiger partial charge < -0.3 is 28.8 Å². The van der Waals surface area contributed by atoms with Crippen molar-refractivity contribution in [3.05, 3.63) is 120 Å². The van der Waals surface area contributed by atoms with Crippen LogP contribution in [0.3, 0.4) is 0 Å². The summed E-state index contributed by atoms with van der Waals surface area (Å²) < 4.78 is 30.7. The van der Waals surface area contributed by atoms with Gasteiger partial charge in [-0.05, 0) is 16.7 Å². The molecule has 4 rings (SSSR count). The Labute approximate surface area is 213 Å². The number of rotatable bonds is 13.